The Labute approximate surface area is 195 Å². The number of ether oxygens (including phenoxy) is 2. The molecule has 1 aliphatic heterocycles. The number of H-pyrrole nitrogens is 1. The van der Waals surface area contributed by atoms with Crippen LogP contribution in [0.2, 0.25) is 0 Å². The summed E-state index contributed by atoms with van der Waals surface area (Å²) in [6.45, 7) is 5.60. The highest BCUT2D eigenvalue weighted by atomic mass is 32.1. The standard InChI is InChI=1S/C24H34N4O3S/c1-30-21-8-7-18-15-19(23(29)26-22(18)16-21)17-28(10-9-27-11-13-31-14-12-27)24(32)25-20-5-3-2-4-6-20/h7-8,15-16,20H,2-6,9-14,17H2,1H3,(H,25,32)(H,26,29). The molecule has 2 fully saturated rings. The van der Waals surface area contributed by atoms with Crippen molar-refractivity contribution in [3.05, 3.63) is 40.2 Å². The van der Waals surface area contributed by atoms with Crippen molar-refractivity contribution in [1.82, 2.24) is 20.1 Å². The maximum atomic E-state index is 12.9. The number of aromatic amines is 1. The molecule has 4 rings (SSSR count). The van der Waals surface area contributed by atoms with Crippen LogP contribution in [-0.4, -0.2) is 72.4 Å². The predicted octanol–water partition coefficient (Wildman–Crippen LogP) is 2.88. The third-order valence-electron chi connectivity index (χ3n) is 6.50. The third-order valence-corrected chi connectivity index (χ3v) is 6.88. The summed E-state index contributed by atoms with van der Waals surface area (Å²) in [6.07, 6.45) is 6.14. The van der Waals surface area contributed by atoms with Crippen LogP contribution in [0.15, 0.2) is 29.1 Å². The average Bonchev–Trinajstić information content (AvgIpc) is 2.82. The third kappa shape index (κ3) is 5.99. The number of pyridine rings is 1. The quantitative estimate of drug-likeness (QED) is 0.619. The monoisotopic (exact) mass is 458 g/mol. The van der Waals surface area contributed by atoms with Gasteiger partial charge in [0.05, 0.1) is 32.4 Å². The summed E-state index contributed by atoms with van der Waals surface area (Å²) in [5.41, 5.74) is 1.42. The first kappa shape index (κ1) is 23.0. The molecule has 2 heterocycles. The lowest BCUT2D eigenvalue weighted by Gasteiger charge is -2.33. The van der Waals surface area contributed by atoms with E-state index < -0.39 is 0 Å². The summed E-state index contributed by atoms with van der Waals surface area (Å²) in [4.78, 5) is 20.4. The highest BCUT2D eigenvalue weighted by molar-refractivity contribution is 7.80. The van der Waals surface area contributed by atoms with Crippen molar-refractivity contribution in [3.8, 4) is 5.75 Å². The van der Waals surface area contributed by atoms with Gasteiger partial charge >= 0.3 is 0 Å². The largest absolute Gasteiger partial charge is 0.497 e. The van der Waals surface area contributed by atoms with Crippen molar-refractivity contribution >= 4 is 28.2 Å². The molecule has 1 aromatic heterocycles. The zero-order valence-electron chi connectivity index (χ0n) is 18.9. The second kappa shape index (κ2) is 11.1. The van der Waals surface area contributed by atoms with Gasteiger partial charge in [-0.1, -0.05) is 19.3 Å². The molecular weight excluding hydrogens is 424 g/mol. The summed E-state index contributed by atoms with van der Waals surface area (Å²) >= 11 is 5.84. The smallest absolute Gasteiger partial charge is 0.253 e. The van der Waals surface area contributed by atoms with Gasteiger partial charge in [-0.05, 0) is 48.6 Å². The second-order valence-corrected chi connectivity index (χ2v) is 9.12. The van der Waals surface area contributed by atoms with Gasteiger partial charge in [-0.2, -0.15) is 0 Å². The normalized spacial score (nSPS) is 17.9. The number of rotatable bonds is 7. The lowest BCUT2D eigenvalue weighted by molar-refractivity contribution is 0.0356. The lowest BCUT2D eigenvalue weighted by atomic mass is 9.96. The Balaban J connectivity index is 1.50. The van der Waals surface area contributed by atoms with Crippen molar-refractivity contribution in [1.29, 1.82) is 0 Å². The van der Waals surface area contributed by atoms with Gasteiger partial charge in [0, 0.05) is 43.9 Å². The highest BCUT2D eigenvalue weighted by Crippen LogP contribution is 2.20. The van der Waals surface area contributed by atoms with E-state index in [0.29, 0.717) is 12.6 Å². The molecule has 0 atom stereocenters. The van der Waals surface area contributed by atoms with Crippen LogP contribution in [-0.2, 0) is 11.3 Å². The predicted molar refractivity (Wildman–Crippen MR) is 131 cm³/mol. The van der Waals surface area contributed by atoms with Gasteiger partial charge in [0.1, 0.15) is 5.75 Å². The molecule has 2 N–H and O–H groups in total. The number of hydrogen-bond acceptors (Lipinski definition) is 5. The number of morpholine rings is 1. The zero-order valence-corrected chi connectivity index (χ0v) is 19.7. The Kier molecular flexibility index (Phi) is 8.00. The maximum Gasteiger partial charge on any atom is 0.253 e. The minimum absolute atomic E-state index is 0.0809. The van der Waals surface area contributed by atoms with Gasteiger partial charge in [0.2, 0.25) is 0 Å². The fourth-order valence-electron chi connectivity index (χ4n) is 4.53. The van der Waals surface area contributed by atoms with Crippen LogP contribution >= 0.6 is 12.2 Å². The molecule has 0 amide bonds. The molecule has 32 heavy (non-hydrogen) atoms. The zero-order chi connectivity index (χ0) is 22.3. The fraction of sp³-hybridized carbons (Fsp3) is 0.583. The number of aromatic nitrogens is 1. The Morgan fingerprint density at radius 3 is 2.78 bits per heavy atom. The molecule has 1 saturated carbocycles. The summed E-state index contributed by atoms with van der Waals surface area (Å²) in [6, 6.07) is 8.15. The van der Waals surface area contributed by atoms with E-state index >= 15 is 0 Å². The lowest BCUT2D eigenvalue weighted by Crippen LogP contribution is -2.48. The molecule has 1 aromatic carbocycles. The average molecular weight is 459 g/mol. The van der Waals surface area contributed by atoms with Crippen LogP contribution in [0.1, 0.15) is 37.7 Å². The molecule has 0 radical (unpaired) electrons. The summed E-state index contributed by atoms with van der Waals surface area (Å²) < 4.78 is 10.8. The minimum Gasteiger partial charge on any atom is -0.497 e. The van der Waals surface area contributed by atoms with Gasteiger partial charge < -0.3 is 24.7 Å². The van der Waals surface area contributed by atoms with E-state index in [1.54, 1.807) is 7.11 Å². The molecule has 0 bridgehead atoms. The first-order valence-electron chi connectivity index (χ1n) is 11.7. The van der Waals surface area contributed by atoms with E-state index in [1.165, 1.54) is 19.3 Å². The molecule has 2 aromatic rings. The van der Waals surface area contributed by atoms with E-state index in [1.807, 2.05) is 24.3 Å². The summed E-state index contributed by atoms with van der Waals surface area (Å²) in [5.74, 6) is 0.728. The van der Waals surface area contributed by atoms with Crippen LogP contribution in [0.4, 0.5) is 0 Å². The van der Waals surface area contributed by atoms with E-state index in [2.05, 4.69) is 20.1 Å². The number of nitrogens with one attached hydrogen (secondary N) is 2. The molecule has 7 nitrogen and oxygen atoms in total. The molecule has 1 aliphatic carbocycles. The van der Waals surface area contributed by atoms with E-state index in [4.69, 9.17) is 21.7 Å². The highest BCUT2D eigenvalue weighted by Gasteiger charge is 2.20. The molecule has 174 valence electrons. The van der Waals surface area contributed by atoms with Crippen molar-refractivity contribution in [3.63, 3.8) is 0 Å². The number of fused-ring (bicyclic) bond motifs is 1. The number of nitrogens with zero attached hydrogens (tertiary/aromatic N) is 2. The van der Waals surface area contributed by atoms with Crippen LogP contribution < -0.4 is 15.6 Å². The van der Waals surface area contributed by atoms with Crippen LogP contribution in [0, 0.1) is 0 Å². The van der Waals surface area contributed by atoms with Crippen LogP contribution in [0.25, 0.3) is 10.9 Å². The molecular formula is C24H34N4O3S. The first-order valence-corrected chi connectivity index (χ1v) is 12.1. The van der Waals surface area contributed by atoms with Gasteiger partial charge in [0.25, 0.3) is 5.56 Å². The number of methoxy groups -OCH3 is 1. The van der Waals surface area contributed by atoms with Gasteiger partial charge in [-0.25, -0.2) is 0 Å². The topological polar surface area (TPSA) is 69.8 Å². The minimum atomic E-state index is -0.0809. The molecule has 0 spiro atoms. The SMILES string of the molecule is COc1ccc2cc(CN(CCN3CCOCC3)C(=S)NC3CCCCC3)c(=O)[nH]c2c1. The molecule has 1 saturated heterocycles. The van der Waals surface area contributed by atoms with Crippen LogP contribution in [0.5, 0.6) is 5.75 Å². The van der Waals surface area contributed by atoms with E-state index in [9.17, 15) is 4.79 Å². The van der Waals surface area contributed by atoms with E-state index in [-0.39, 0.29) is 5.56 Å². The van der Waals surface area contributed by atoms with Crippen LogP contribution in [0.3, 0.4) is 0 Å². The summed E-state index contributed by atoms with van der Waals surface area (Å²) in [7, 11) is 1.63. The van der Waals surface area contributed by atoms with Crippen molar-refractivity contribution < 1.29 is 9.47 Å². The Bertz CT molecular complexity index is 967. The Hall–Kier alpha value is -2.16. The summed E-state index contributed by atoms with van der Waals surface area (Å²) in [5, 5.41) is 5.32. The Morgan fingerprint density at radius 1 is 1.25 bits per heavy atom. The van der Waals surface area contributed by atoms with E-state index in [0.717, 1.165) is 79.6 Å². The molecule has 0 unspecified atom stereocenters. The number of hydrogen-bond donors (Lipinski definition) is 2. The molecule has 2 aliphatic rings. The molecule has 8 heteroatoms. The van der Waals surface area contributed by atoms with Crippen molar-refractivity contribution in [2.75, 3.05) is 46.5 Å². The maximum absolute atomic E-state index is 12.9. The van der Waals surface area contributed by atoms with Crippen molar-refractivity contribution in [2.45, 2.75) is 44.7 Å². The van der Waals surface area contributed by atoms with Gasteiger partial charge in [-0.15, -0.1) is 0 Å². The van der Waals surface area contributed by atoms with Gasteiger partial charge in [-0.3, -0.25) is 9.69 Å². The second-order valence-electron chi connectivity index (χ2n) is 8.74. The first-order chi connectivity index (χ1) is 15.6. The fourth-order valence-corrected chi connectivity index (χ4v) is 4.85. The van der Waals surface area contributed by atoms with Crippen molar-refractivity contribution in [2.24, 2.45) is 0 Å². The Morgan fingerprint density at radius 2 is 2.03 bits per heavy atom. The van der Waals surface area contributed by atoms with Gasteiger partial charge in [0.15, 0.2) is 5.11 Å². The number of benzene rings is 1. The number of thiocarbonyl (C=S) groups is 1.